The van der Waals surface area contributed by atoms with Gasteiger partial charge in [0.15, 0.2) is 0 Å². The van der Waals surface area contributed by atoms with Crippen molar-refractivity contribution in [2.24, 2.45) is 0 Å². The van der Waals surface area contributed by atoms with Crippen molar-refractivity contribution in [3.63, 3.8) is 0 Å². The van der Waals surface area contributed by atoms with Crippen molar-refractivity contribution >= 4 is 119 Å². The van der Waals surface area contributed by atoms with Gasteiger partial charge < -0.3 is 9.80 Å². The van der Waals surface area contributed by atoms with Crippen LogP contribution in [0.1, 0.15) is 0 Å². The van der Waals surface area contributed by atoms with Crippen LogP contribution in [0.15, 0.2) is 218 Å². The smallest absolute Gasteiger partial charge is 0.0796 e. The van der Waals surface area contributed by atoms with E-state index in [9.17, 15) is 0 Å². The van der Waals surface area contributed by atoms with E-state index in [1.807, 2.05) is 22.7 Å². The molecule has 0 aliphatic carbocycles. The lowest BCUT2D eigenvalue weighted by Gasteiger charge is -2.34. The molecule has 0 bridgehead atoms. The minimum absolute atomic E-state index is 1.09. The molecule has 0 amide bonds. The zero-order chi connectivity index (χ0) is 39.6. The molecule has 0 spiro atoms. The zero-order valence-electron chi connectivity index (χ0n) is 32.5. The number of fused-ring (bicyclic) bond motifs is 9. The highest BCUT2D eigenvalue weighted by molar-refractivity contribution is 7.26. The molecule has 0 saturated carbocycles. The zero-order valence-corrected chi connectivity index (χ0v) is 34.1. The minimum atomic E-state index is 1.09. The molecule has 10 aromatic carbocycles. The second kappa shape index (κ2) is 14.2. The van der Waals surface area contributed by atoms with Crippen LogP contribution in [0.5, 0.6) is 0 Å². The Morgan fingerprint density at radius 3 is 1.65 bits per heavy atom. The Balaban J connectivity index is 1.23. The Kier molecular flexibility index (Phi) is 8.25. The maximum Gasteiger partial charge on any atom is 0.0796 e. The highest BCUT2D eigenvalue weighted by Crippen LogP contribution is 2.55. The third-order valence-electron chi connectivity index (χ3n) is 11.8. The van der Waals surface area contributed by atoms with Crippen LogP contribution in [0.25, 0.3) is 73.0 Å². The Morgan fingerprint density at radius 2 is 0.867 bits per heavy atom. The average molecular weight is 801 g/mol. The molecule has 0 unspecified atom stereocenters. The van der Waals surface area contributed by atoms with Crippen LogP contribution in [0.3, 0.4) is 0 Å². The van der Waals surface area contributed by atoms with Gasteiger partial charge in [-0.15, -0.1) is 22.7 Å². The normalized spacial score (nSPS) is 11.7. The van der Waals surface area contributed by atoms with Crippen molar-refractivity contribution in [2.75, 3.05) is 9.80 Å². The molecule has 0 radical (unpaired) electrons. The predicted octanol–water partition coefficient (Wildman–Crippen LogP) is 17.3. The SMILES string of the molecule is c1ccc(-c2ccc(N(c3ccccc3)c3ccc4sc5ccc6ccccc6c5c4c3N(c3ccccc3)c3ccc4c(c3)sc3ccccc34)c3ccccc23)cc1. The molecule has 12 aromatic rings. The monoisotopic (exact) mass is 800 g/mol. The fraction of sp³-hybridized carbons (Fsp3) is 0. The number of benzene rings is 10. The molecular formula is C56H36N2S2. The van der Waals surface area contributed by atoms with Gasteiger partial charge in [-0.1, -0.05) is 152 Å². The van der Waals surface area contributed by atoms with Gasteiger partial charge in [0.1, 0.15) is 0 Å². The topological polar surface area (TPSA) is 6.48 Å². The van der Waals surface area contributed by atoms with Gasteiger partial charge in [0, 0.05) is 62.8 Å². The van der Waals surface area contributed by atoms with E-state index in [2.05, 4.69) is 228 Å². The molecule has 0 N–H and O–H groups in total. The minimum Gasteiger partial charge on any atom is -0.308 e. The van der Waals surface area contributed by atoms with E-state index in [0.29, 0.717) is 0 Å². The van der Waals surface area contributed by atoms with E-state index in [4.69, 9.17) is 0 Å². The average Bonchev–Trinajstić information content (AvgIpc) is 3.89. The fourth-order valence-corrected chi connectivity index (χ4v) is 11.4. The summed E-state index contributed by atoms with van der Waals surface area (Å²) in [7, 11) is 0. The summed E-state index contributed by atoms with van der Waals surface area (Å²) in [5, 5.41) is 10.0. The molecule has 0 saturated heterocycles. The number of para-hydroxylation sites is 2. The first-order valence-corrected chi connectivity index (χ1v) is 22.0. The lowest BCUT2D eigenvalue weighted by atomic mass is 9.96. The van der Waals surface area contributed by atoms with Crippen LogP contribution in [0.4, 0.5) is 34.1 Å². The molecule has 2 heterocycles. The first-order valence-electron chi connectivity index (χ1n) is 20.3. The number of nitrogens with zero attached hydrogens (tertiary/aromatic N) is 2. The van der Waals surface area contributed by atoms with Gasteiger partial charge in [0.2, 0.25) is 0 Å². The molecule has 282 valence electrons. The summed E-state index contributed by atoms with van der Waals surface area (Å²) < 4.78 is 5.10. The lowest BCUT2D eigenvalue weighted by molar-refractivity contribution is 1.25. The van der Waals surface area contributed by atoms with Crippen LogP contribution >= 0.6 is 22.7 Å². The summed E-state index contributed by atoms with van der Waals surface area (Å²) in [6.45, 7) is 0. The van der Waals surface area contributed by atoms with Crippen molar-refractivity contribution in [3.05, 3.63) is 218 Å². The first kappa shape index (κ1) is 34.8. The van der Waals surface area contributed by atoms with E-state index in [1.54, 1.807) is 0 Å². The Morgan fingerprint density at radius 1 is 0.300 bits per heavy atom. The van der Waals surface area contributed by atoms with Gasteiger partial charge in [-0.3, -0.25) is 0 Å². The highest BCUT2D eigenvalue weighted by atomic mass is 32.1. The largest absolute Gasteiger partial charge is 0.308 e. The molecule has 0 aliphatic heterocycles. The van der Waals surface area contributed by atoms with Crippen molar-refractivity contribution in [3.8, 4) is 11.1 Å². The molecule has 0 fully saturated rings. The van der Waals surface area contributed by atoms with Gasteiger partial charge in [-0.05, 0) is 94.0 Å². The molecule has 12 rings (SSSR count). The van der Waals surface area contributed by atoms with E-state index >= 15 is 0 Å². The van der Waals surface area contributed by atoms with E-state index in [-0.39, 0.29) is 0 Å². The Labute approximate surface area is 356 Å². The Hall–Kier alpha value is -7.24. The number of thiophene rings is 2. The van der Waals surface area contributed by atoms with E-state index < -0.39 is 0 Å². The lowest BCUT2D eigenvalue weighted by Crippen LogP contribution is -2.17. The second-order valence-electron chi connectivity index (χ2n) is 15.2. The summed E-state index contributed by atoms with van der Waals surface area (Å²) in [6, 6.07) is 80.0. The molecule has 4 heteroatoms. The summed E-state index contributed by atoms with van der Waals surface area (Å²) >= 11 is 3.74. The van der Waals surface area contributed by atoms with Gasteiger partial charge >= 0.3 is 0 Å². The molecule has 2 aromatic heterocycles. The van der Waals surface area contributed by atoms with Gasteiger partial charge in [-0.2, -0.15) is 0 Å². The predicted molar refractivity (Wildman–Crippen MR) is 262 cm³/mol. The number of anilines is 6. The third-order valence-corrected chi connectivity index (χ3v) is 14.1. The van der Waals surface area contributed by atoms with Crippen molar-refractivity contribution in [1.29, 1.82) is 0 Å². The molecule has 0 atom stereocenters. The van der Waals surface area contributed by atoms with E-state index in [1.165, 1.54) is 73.0 Å². The standard InChI is InChI=1S/C56H36N2S2/c1-4-16-37(17-5-1)42-31-32-48(45-25-13-12-24-44(42)45)58(40-21-8-3-9-22-40)49-33-35-52-55(54-43-23-11-10-18-38(43)28-34-51(54)60-52)56(49)57(39-19-6-2-7-20-39)41-29-30-47-46-26-14-15-27-50(46)59-53(47)36-41/h1-36H. The number of rotatable bonds is 7. The molecule has 60 heavy (non-hydrogen) atoms. The fourth-order valence-electron chi connectivity index (χ4n) is 9.18. The number of hydrogen-bond acceptors (Lipinski definition) is 4. The van der Waals surface area contributed by atoms with Crippen LogP contribution in [-0.4, -0.2) is 0 Å². The molecular weight excluding hydrogens is 765 g/mol. The van der Waals surface area contributed by atoms with Gasteiger partial charge in [-0.25, -0.2) is 0 Å². The van der Waals surface area contributed by atoms with E-state index in [0.717, 1.165) is 34.1 Å². The van der Waals surface area contributed by atoms with Crippen molar-refractivity contribution in [2.45, 2.75) is 0 Å². The Bertz CT molecular complexity index is 3550. The van der Waals surface area contributed by atoms with Crippen LogP contribution < -0.4 is 9.80 Å². The summed E-state index contributed by atoms with van der Waals surface area (Å²) in [5.74, 6) is 0. The quantitative estimate of drug-likeness (QED) is 0.158. The number of hydrogen-bond donors (Lipinski definition) is 0. The van der Waals surface area contributed by atoms with Crippen molar-refractivity contribution < 1.29 is 0 Å². The summed E-state index contributed by atoms with van der Waals surface area (Å²) in [5.41, 5.74) is 9.09. The summed E-state index contributed by atoms with van der Waals surface area (Å²) in [4.78, 5) is 5.01. The maximum absolute atomic E-state index is 2.52. The maximum atomic E-state index is 2.52. The van der Waals surface area contributed by atoms with Crippen LogP contribution in [0.2, 0.25) is 0 Å². The second-order valence-corrected chi connectivity index (χ2v) is 17.4. The third kappa shape index (κ3) is 5.60. The molecule has 0 aliphatic rings. The van der Waals surface area contributed by atoms with Gasteiger partial charge in [0.25, 0.3) is 0 Å². The first-order chi connectivity index (χ1) is 29.8. The molecule has 2 nitrogen and oxygen atoms in total. The van der Waals surface area contributed by atoms with Crippen LogP contribution in [-0.2, 0) is 0 Å². The van der Waals surface area contributed by atoms with Crippen LogP contribution in [0, 0.1) is 0 Å². The summed E-state index contributed by atoms with van der Waals surface area (Å²) in [6.07, 6.45) is 0. The van der Waals surface area contributed by atoms with Gasteiger partial charge in [0.05, 0.1) is 17.1 Å². The highest BCUT2D eigenvalue weighted by Gasteiger charge is 2.28. The van der Waals surface area contributed by atoms with Crippen molar-refractivity contribution in [1.82, 2.24) is 0 Å².